The smallest absolute Gasteiger partial charge is 0.337 e. The highest BCUT2D eigenvalue weighted by atomic mass is 16.7. The summed E-state index contributed by atoms with van der Waals surface area (Å²) in [6.45, 7) is 15.6. The average molecular weight is 663 g/mol. The van der Waals surface area contributed by atoms with Crippen molar-refractivity contribution in [3.8, 4) is 0 Å². The number of esters is 1. The summed E-state index contributed by atoms with van der Waals surface area (Å²) < 4.78 is 16.9. The van der Waals surface area contributed by atoms with Gasteiger partial charge in [-0.05, 0) is 104 Å². The highest BCUT2D eigenvalue weighted by Gasteiger charge is 2.71. The SMILES string of the molecule is COC(=O)[C@H]1O[C@@H](O[C@H]2CC[C@]3(C)[C@H]4CC=C5[C@H]6[C@](C(=O)O)(CC[C@H](C)[C@@]6(C)O)CC[C@@]5(C)[C@]4(C)CC[C@H]3C2(C)C)[C@H](O)[C@@H](O)[C@@H]1O. The van der Waals surface area contributed by atoms with Gasteiger partial charge >= 0.3 is 11.9 Å². The molecule has 10 nitrogen and oxygen atoms in total. The second-order valence-corrected chi connectivity index (χ2v) is 17.8. The van der Waals surface area contributed by atoms with E-state index in [-0.39, 0.29) is 39.6 Å². The third kappa shape index (κ3) is 4.63. The molecule has 0 aromatic heterocycles. The predicted octanol–water partition coefficient (Wildman–Crippen LogP) is 4.21. The number of methoxy groups -OCH3 is 1. The van der Waals surface area contributed by atoms with E-state index in [2.05, 4.69) is 47.6 Å². The number of carboxylic acid groups (broad SMARTS) is 1. The van der Waals surface area contributed by atoms with Crippen LogP contribution in [0.5, 0.6) is 0 Å². The minimum atomic E-state index is -1.64. The van der Waals surface area contributed by atoms with Gasteiger partial charge in [0.1, 0.15) is 18.3 Å². The Morgan fingerprint density at radius 3 is 2.19 bits per heavy atom. The number of aliphatic hydroxyl groups is 4. The molecule has 10 heteroatoms. The molecule has 0 bridgehead atoms. The Kier molecular flexibility index (Phi) is 8.42. The molecule has 47 heavy (non-hydrogen) atoms. The molecule has 5 N–H and O–H groups in total. The molecule has 1 aliphatic heterocycles. The van der Waals surface area contributed by atoms with Gasteiger partial charge in [0.2, 0.25) is 0 Å². The first-order valence-corrected chi connectivity index (χ1v) is 17.8. The second-order valence-electron chi connectivity index (χ2n) is 17.8. The summed E-state index contributed by atoms with van der Waals surface area (Å²) in [6.07, 6.45) is 1.42. The minimum absolute atomic E-state index is 0.0111. The third-order valence-electron chi connectivity index (χ3n) is 15.7. The van der Waals surface area contributed by atoms with Crippen LogP contribution in [0.25, 0.3) is 0 Å². The molecule has 266 valence electrons. The molecule has 5 fully saturated rings. The number of rotatable bonds is 4. The van der Waals surface area contributed by atoms with Crippen LogP contribution in [0.2, 0.25) is 0 Å². The molecule has 0 radical (unpaired) electrons. The highest BCUT2D eigenvalue weighted by Crippen LogP contribution is 2.76. The summed E-state index contributed by atoms with van der Waals surface area (Å²) in [5, 5.41) is 54.5. The molecule has 0 aromatic rings. The van der Waals surface area contributed by atoms with Crippen molar-refractivity contribution >= 4 is 11.9 Å². The summed E-state index contributed by atoms with van der Waals surface area (Å²) >= 11 is 0. The Labute approximate surface area is 279 Å². The average Bonchev–Trinajstić information content (AvgIpc) is 3.00. The first kappa shape index (κ1) is 35.3. The lowest BCUT2D eigenvalue weighted by Gasteiger charge is -2.72. The van der Waals surface area contributed by atoms with Crippen LogP contribution in [0.4, 0.5) is 0 Å². The maximum absolute atomic E-state index is 13.0. The number of allylic oxidation sites excluding steroid dienone is 1. The first-order chi connectivity index (χ1) is 21.7. The number of aliphatic carboxylic acids is 1. The van der Waals surface area contributed by atoms with Crippen molar-refractivity contribution in [2.24, 2.45) is 50.7 Å². The fourth-order valence-electron chi connectivity index (χ4n) is 12.5. The standard InChI is InChI=1S/C37H58O10/c1-19-11-16-37(31(42)43)18-17-34(5)20(28(37)36(19,7)44)9-10-22-33(4)14-13-23(32(2,3)21(33)12-15-35(22,34)6)46-30-26(40)24(38)25(39)27(47-30)29(41)45-8/h9,19,21-28,30,38-40,44H,10-18H2,1-8H3,(H,42,43)/t19-,21-,22+,23-,24-,25-,26+,27-,28+,30+,33-,34+,35+,36+,37-/m0/s1. The number of fused-ring (bicyclic) bond motifs is 7. The fraction of sp³-hybridized carbons (Fsp3) is 0.892. The van der Waals surface area contributed by atoms with Crippen LogP contribution in [0.15, 0.2) is 11.6 Å². The summed E-state index contributed by atoms with van der Waals surface area (Å²) in [5.74, 6) is -1.42. The van der Waals surface area contributed by atoms with Gasteiger partial charge in [-0.2, -0.15) is 0 Å². The molecule has 0 amide bonds. The molecule has 5 aliphatic carbocycles. The molecule has 0 spiro atoms. The van der Waals surface area contributed by atoms with E-state index in [9.17, 15) is 35.1 Å². The Balaban J connectivity index is 1.30. The van der Waals surface area contributed by atoms with E-state index in [1.54, 1.807) is 0 Å². The molecular weight excluding hydrogens is 604 g/mol. The van der Waals surface area contributed by atoms with Crippen molar-refractivity contribution in [2.75, 3.05) is 7.11 Å². The van der Waals surface area contributed by atoms with Crippen LogP contribution in [-0.2, 0) is 23.8 Å². The molecule has 4 saturated carbocycles. The summed E-state index contributed by atoms with van der Waals surface area (Å²) in [7, 11) is 1.17. The summed E-state index contributed by atoms with van der Waals surface area (Å²) in [5.41, 5.74) is -1.61. The fourth-order valence-corrected chi connectivity index (χ4v) is 12.5. The zero-order valence-corrected chi connectivity index (χ0v) is 29.5. The van der Waals surface area contributed by atoms with Gasteiger partial charge in [0.05, 0.1) is 24.2 Å². The molecule has 1 saturated heterocycles. The van der Waals surface area contributed by atoms with Crippen molar-refractivity contribution in [1.82, 2.24) is 0 Å². The van der Waals surface area contributed by atoms with Crippen molar-refractivity contribution in [1.29, 1.82) is 0 Å². The van der Waals surface area contributed by atoms with Crippen LogP contribution in [-0.4, -0.2) is 87.0 Å². The molecule has 15 atom stereocenters. The molecule has 6 aliphatic rings. The van der Waals surface area contributed by atoms with Gasteiger partial charge in [0.15, 0.2) is 12.4 Å². The van der Waals surface area contributed by atoms with Gasteiger partial charge < -0.3 is 39.7 Å². The van der Waals surface area contributed by atoms with Crippen molar-refractivity contribution < 1.29 is 49.3 Å². The lowest BCUT2D eigenvalue weighted by Crippen LogP contribution is -2.68. The Morgan fingerprint density at radius 2 is 1.55 bits per heavy atom. The van der Waals surface area contributed by atoms with Crippen molar-refractivity contribution in [2.45, 2.75) is 149 Å². The van der Waals surface area contributed by atoms with Gasteiger partial charge in [-0.25, -0.2) is 4.79 Å². The third-order valence-corrected chi connectivity index (χ3v) is 15.7. The van der Waals surface area contributed by atoms with Crippen LogP contribution in [0, 0.1) is 50.7 Å². The zero-order valence-electron chi connectivity index (χ0n) is 29.5. The van der Waals surface area contributed by atoms with E-state index in [0.29, 0.717) is 31.6 Å². The maximum atomic E-state index is 13.0. The van der Waals surface area contributed by atoms with Crippen LogP contribution < -0.4 is 0 Å². The Hall–Kier alpha value is -1.56. The van der Waals surface area contributed by atoms with Crippen LogP contribution in [0.3, 0.4) is 0 Å². The molecular formula is C37H58O10. The van der Waals surface area contributed by atoms with Crippen LogP contribution >= 0.6 is 0 Å². The zero-order chi connectivity index (χ0) is 34.7. The lowest BCUT2D eigenvalue weighted by molar-refractivity contribution is -0.324. The van der Waals surface area contributed by atoms with E-state index in [4.69, 9.17) is 14.2 Å². The maximum Gasteiger partial charge on any atom is 0.337 e. The van der Waals surface area contributed by atoms with E-state index in [1.807, 2.05) is 6.92 Å². The second kappa shape index (κ2) is 11.2. The first-order valence-electron chi connectivity index (χ1n) is 17.8. The number of ether oxygens (including phenoxy) is 3. The number of carbonyl (C=O) groups excluding carboxylic acids is 1. The lowest BCUT2D eigenvalue weighted by atomic mass is 9.33. The van der Waals surface area contributed by atoms with Crippen molar-refractivity contribution in [3.05, 3.63) is 11.6 Å². The number of hydrogen-bond donors (Lipinski definition) is 5. The predicted molar refractivity (Wildman–Crippen MR) is 172 cm³/mol. The number of hydrogen-bond acceptors (Lipinski definition) is 9. The van der Waals surface area contributed by atoms with Gasteiger partial charge in [-0.3, -0.25) is 4.79 Å². The quantitative estimate of drug-likeness (QED) is 0.167. The molecule has 6 rings (SSSR count). The monoisotopic (exact) mass is 662 g/mol. The van der Waals surface area contributed by atoms with Gasteiger partial charge in [0.25, 0.3) is 0 Å². The number of carbonyl (C=O) groups is 2. The van der Waals surface area contributed by atoms with E-state index < -0.39 is 59.6 Å². The van der Waals surface area contributed by atoms with E-state index in [0.717, 1.165) is 32.1 Å². The minimum Gasteiger partial charge on any atom is -0.481 e. The topological polar surface area (TPSA) is 163 Å². The van der Waals surface area contributed by atoms with Crippen LogP contribution in [0.1, 0.15) is 106 Å². The largest absolute Gasteiger partial charge is 0.481 e. The highest BCUT2D eigenvalue weighted by molar-refractivity contribution is 5.77. The summed E-state index contributed by atoms with van der Waals surface area (Å²) in [4.78, 5) is 25.3. The van der Waals surface area contributed by atoms with Gasteiger partial charge in [-0.1, -0.05) is 53.2 Å². The van der Waals surface area contributed by atoms with E-state index >= 15 is 0 Å². The summed E-state index contributed by atoms with van der Waals surface area (Å²) in [6, 6.07) is 0. The number of carboxylic acids is 1. The number of aliphatic hydroxyl groups excluding tert-OH is 3. The molecule has 1 heterocycles. The van der Waals surface area contributed by atoms with Gasteiger partial charge in [0, 0.05) is 5.92 Å². The van der Waals surface area contributed by atoms with Crippen molar-refractivity contribution in [3.63, 3.8) is 0 Å². The Bertz CT molecular complexity index is 1310. The Morgan fingerprint density at radius 1 is 0.872 bits per heavy atom. The normalized spacial score (nSPS) is 53.7. The molecule has 0 aromatic carbocycles. The van der Waals surface area contributed by atoms with E-state index in [1.165, 1.54) is 12.7 Å². The van der Waals surface area contributed by atoms with Gasteiger partial charge in [-0.15, -0.1) is 0 Å². The molecule has 0 unspecified atom stereocenters.